The maximum absolute atomic E-state index is 10.8. The largest absolute Gasteiger partial charge is 0.462 e. The molecule has 20 heavy (non-hydrogen) atoms. The molecule has 108 valence electrons. The average Bonchev–Trinajstić information content (AvgIpc) is 2.45. The lowest BCUT2D eigenvalue weighted by Crippen LogP contribution is -2.30. The molecule has 1 aliphatic rings. The summed E-state index contributed by atoms with van der Waals surface area (Å²) in [5.74, 6) is -0.240. The number of esters is 1. The number of hydrogen-bond acceptors (Lipinski definition) is 3. The predicted octanol–water partition coefficient (Wildman–Crippen LogP) is 3.56. The Morgan fingerprint density at radius 2 is 2.05 bits per heavy atom. The van der Waals surface area contributed by atoms with Crippen LogP contribution in [0.3, 0.4) is 0 Å². The van der Waals surface area contributed by atoms with Gasteiger partial charge in [-0.15, -0.1) is 0 Å². The van der Waals surface area contributed by atoms with Crippen LogP contribution in [0.1, 0.15) is 37.3 Å². The van der Waals surface area contributed by atoms with Crippen LogP contribution in [0.2, 0.25) is 0 Å². The highest BCUT2D eigenvalue weighted by Gasteiger charge is 2.14. The van der Waals surface area contributed by atoms with Gasteiger partial charge in [0.15, 0.2) is 0 Å². The van der Waals surface area contributed by atoms with Gasteiger partial charge in [0, 0.05) is 31.3 Å². The molecule has 3 nitrogen and oxygen atoms in total. The Kier molecular flexibility index (Phi) is 5.22. The number of rotatable bonds is 4. The number of benzene rings is 1. The maximum atomic E-state index is 10.8. The molecule has 0 saturated carbocycles. The molecular formula is C17H23NO2. The minimum absolute atomic E-state index is 0.240. The topological polar surface area (TPSA) is 29.5 Å². The third-order valence-electron chi connectivity index (χ3n) is 3.67. The first-order chi connectivity index (χ1) is 9.68. The molecule has 1 aromatic carbocycles. The van der Waals surface area contributed by atoms with Crippen LogP contribution in [0.25, 0.3) is 6.08 Å². The van der Waals surface area contributed by atoms with E-state index < -0.39 is 0 Å². The van der Waals surface area contributed by atoms with Crippen LogP contribution in [0, 0.1) is 6.92 Å². The van der Waals surface area contributed by atoms with Gasteiger partial charge in [-0.25, -0.2) is 0 Å². The number of ether oxygens (including phenoxy) is 1. The molecule has 0 spiro atoms. The number of anilines is 1. The Balaban J connectivity index is 2.15. The third kappa shape index (κ3) is 3.86. The molecule has 0 atom stereocenters. The summed E-state index contributed by atoms with van der Waals surface area (Å²) in [7, 11) is 0. The predicted molar refractivity (Wildman–Crippen MR) is 82.9 cm³/mol. The van der Waals surface area contributed by atoms with E-state index in [1.54, 1.807) is 0 Å². The molecule has 0 radical (unpaired) electrons. The monoisotopic (exact) mass is 273 g/mol. The molecule has 1 aromatic rings. The molecular weight excluding hydrogens is 250 g/mol. The Morgan fingerprint density at radius 3 is 2.75 bits per heavy atom. The highest BCUT2D eigenvalue weighted by molar-refractivity contribution is 5.71. The third-order valence-corrected chi connectivity index (χ3v) is 3.67. The summed E-state index contributed by atoms with van der Waals surface area (Å²) in [6.07, 6.45) is 7.86. The van der Waals surface area contributed by atoms with Crippen LogP contribution in [0.5, 0.6) is 0 Å². The summed E-state index contributed by atoms with van der Waals surface area (Å²) >= 11 is 0. The van der Waals surface area contributed by atoms with Crippen molar-refractivity contribution >= 4 is 17.7 Å². The van der Waals surface area contributed by atoms with Gasteiger partial charge in [0.25, 0.3) is 0 Å². The number of carbonyl (C=O) groups is 1. The highest BCUT2D eigenvalue weighted by atomic mass is 16.5. The van der Waals surface area contributed by atoms with E-state index in [4.69, 9.17) is 4.74 Å². The molecule has 0 aromatic heterocycles. The fraction of sp³-hybridized carbons (Fsp3) is 0.471. The van der Waals surface area contributed by atoms with Crippen molar-refractivity contribution in [3.05, 3.63) is 35.4 Å². The number of nitrogens with zero attached hydrogens (tertiary/aromatic N) is 1. The van der Waals surface area contributed by atoms with Crippen LogP contribution in [0.4, 0.5) is 5.69 Å². The molecule has 0 unspecified atom stereocenters. The van der Waals surface area contributed by atoms with Crippen LogP contribution < -0.4 is 4.90 Å². The Morgan fingerprint density at radius 1 is 1.30 bits per heavy atom. The van der Waals surface area contributed by atoms with Gasteiger partial charge < -0.3 is 9.64 Å². The second-order valence-corrected chi connectivity index (χ2v) is 5.26. The smallest absolute Gasteiger partial charge is 0.302 e. The molecule has 1 heterocycles. The normalized spacial score (nSPS) is 15.6. The minimum Gasteiger partial charge on any atom is -0.462 e. The van der Waals surface area contributed by atoms with Gasteiger partial charge in [-0.3, -0.25) is 4.79 Å². The molecule has 3 heteroatoms. The fourth-order valence-electron chi connectivity index (χ4n) is 2.62. The van der Waals surface area contributed by atoms with Gasteiger partial charge >= 0.3 is 5.97 Å². The first-order valence-corrected chi connectivity index (χ1v) is 7.33. The van der Waals surface area contributed by atoms with E-state index in [-0.39, 0.29) is 5.97 Å². The van der Waals surface area contributed by atoms with Crippen LogP contribution in [-0.4, -0.2) is 25.7 Å². The average molecular weight is 273 g/mol. The van der Waals surface area contributed by atoms with Crippen molar-refractivity contribution in [3.8, 4) is 0 Å². The number of carbonyl (C=O) groups excluding carboxylic acids is 1. The lowest BCUT2D eigenvalue weighted by Gasteiger charge is -2.30. The molecule has 2 rings (SSSR count). The second-order valence-electron chi connectivity index (χ2n) is 5.26. The molecule has 1 saturated heterocycles. The standard InChI is InChI=1S/C17H23NO2/c1-14-8-6-10-17(18-11-4-3-5-12-18)16(14)9-7-13-20-15(2)19/h6-10H,3-5,11-13H2,1-2H3/b9-7+. The molecule has 0 bridgehead atoms. The van der Waals surface area contributed by atoms with Crippen molar-refractivity contribution in [2.24, 2.45) is 0 Å². The molecule has 1 aliphatic heterocycles. The zero-order valence-corrected chi connectivity index (χ0v) is 12.4. The molecule has 0 N–H and O–H groups in total. The van der Waals surface area contributed by atoms with Gasteiger partial charge in [0.2, 0.25) is 0 Å². The highest BCUT2D eigenvalue weighted by Crippen LogP contribution is 2.27. The first kappa shape index (κ1) is 14.6. The summed E-state index contributed by atoms with van der Waals surface area (Å²) in [6.45, 7) is 6.16. The second kappa shape index (κ2) is 7.13. The Hall–Kier alpha value is -1.77. The summed E-state index contributed by atoms with van der Waals surface area (Å²) in [4.78, 5) is 13.2. The summed E-state index contributed by atoms with van der Waals surface area (Å²) in [5.41, 5.74) is 3.79. The lowest BCUT2D eigenvalue weighted by atomic mass is 10.0. The molecule has 0 amide bonds. The van der Waals surface area contributed by atoms with E-state index in [0.717, 1.165) is 13.1 Å². The van der Waals surface area contributed by atoms with Gasteiger partial charge in [-0.1, -0.05) is 18.2 Å². The molecule has 1 fully saturated rings. The fourth-order valence-corrected chi connectivity index (χ4v) is 2.62. The van der Waals surface area contributed by atoms with Crippen LogP contribution >= 0.6 is 0 Å². The van der Waals surface area contributed by atoms with Crippen LogP contribution in [-0.2, 0) is 9.53 Å². The van der Waals surface area contributed by atoms with E-state index in [9.17, 15) is 4.79 Å². The lowest BCUT2D eigenvalue weighted by molar-refractivity contribution is -0.139. The Bertz CT molecular complexity index is 488. The van der Waals surface area contributed by atoms with E-state index in [1.165, 1.54) is 43.0 Å². The zero-order chi connectivity index (χ0) is 14.4. The summed E-state index contributed by atoms with van der Waals surface area (Å²) in [5, 5.41) is 0. The van der Waals surface area contributed by atoms with Gasteiger partial charge in [0.05, 0.1) is 0 Å². The van der Waals surface area contributed by atoms with Crippen molar-refractivity contribution in [1.82, 2.24) is 0 Å². The van der Waals surface area contributed by atoms with E-state index >= 15 is 0 Å². The van der Waals surface area contributed by atoms with Crippen molar-refractivity contribution in [3.63, 3.8) is 0 Å². The van der Waals surface area contributed by atoms with Crippen LogP contribution in [0.15, 0.2) is 24.3 Å². The van der Waals surface area contributed by atoms with E-state index in [1.807, 2.05) is 6.08 Å². The summed E-state index contributed by atoms with van der Waals surface area (Å²) < 4.78 is 4.95. The van der Waals surface area contributed by atoms with E-state index in [0.29, 0.717) is 6.61 Å². The Labute approximate surface area is 121 Å². The van der Waals surface area contributed by atoms with E-state index in [2.05, 4.69) is 36.1 Å². The zero-order valence-electron chi connectivity index (χ0n) is 12.4. The molecule has 0 aliphatic carbocycles. The van der Waals surface area contributed by atoms with Crippen molar-refractivity contribution < 1.29 is 9.53 Å². The first-order valence-electron chi connectivity index (χ1n) is 7.33. The summed E-state index contributed by atoms with van der Waals surface area (Å²) in [6, 6.07) is 6.42. The SMILES string of the molecule is CC(=O)OC/C=C/c1c(C)cccc1N1CCCCC1. The van der Waals surface area contributed by atoms with Gasteiger partial charge in [-0.05, 0) is 43.9 Å². The number of hydrogen-bond donors (Lipinski definition) is 0. The van der Waals surface area contributed by atoms with Crippen molar-refractivity contribution in [1.29, 1.82) is 0 Å². The van der Waals surface area contributed by atoms with Gasteiger partial charge in [0.1, 0.15) is 6.61 Å². The maximum Gasteiger partial charge on any atom is 0.302 e. The quantitative estimate of drug-likeness (QED) is 0.786. The number of aryl methyl sites for hydroxylation is 1. The number of piperidine rings is 1. The van der Waals surface area contributed by atoms with Crippen molar-refractivity contribution in [2.45, 2.75) is 33.1 Å². The van der Waals surface area contributed by atoms with Crippen molar-refractivity contribution in [2.75, 3.05) is 24.6 Å². The van der Waals surface area contributed by atoms with Gasteiger partial charge in [-0.2, -0.15) is 0 Å². The minimum atomic E-state index is -0.240.